The fraction of sp³-hybridized carbons (Fsp3) is 0.385. The predicted molar refractivity (Wildman–Crippen MR) is 151 cm³/mol. The minimum absolute atomic E-state index is 0.162. The molecule has 10 nitrogen and oxygen atoms in total. The van der Waals surface area contributed by atoms with Crippen molar-refractivity contribution >= 4 is 43.6 Å². The van der Waals surface area contributed by atoms with Crippen molar-refractivity contribution in [2.75, 3.05) is 48.8 Å². The van der Waals surface area contributed by atoms with Gasteiger partial charge in [-0.05, 0) is 43.2 Å². The smallest absolute Gasteiger partial charge is 0.214 e. The Morgan fingerprint density at radius 1 is 1.10 bits per heavy atom. The lowest BCUT2D eigenvalue weighted by Crippen LogP contribution is -2.49. The molecule has 3 aromatic heterocycles. The molecule has 4 heterocycles. The average molecular weight is 569 g/mol. The molecule has 1 aromatic carbocycles. The van der Waals surface area contributed by atoms with Crippen LogP contribution in [0.25, 0.3) is 16.9 Å². The number of rotatable bonds is 8. The molecule has 1 aliphatic heterocycles. The Labute approximate surface area is 231 Å². The molecule has 1 saturated heterocycles. The van der Waals surface area contributed by atoms with Gasteiger partial charge in [-0.25, -0.2) is 27.3 Å². The molecule has 39 heavy (non-hydrogen) atoms. The van der Waals surface area contributed by atoms with Gasteiger partial charge in [-0.1, -0.05) is 25.2 Å². The molecule has 0 N–H and O–H groups in total. The van der Waals surface area contributed by atoms with E-state index in [0.717, 1.165) is 17.2 Å². The number of nitriles is 1. The SMILES string of the molecule is CCCS(=O)(=O)N1CCN(c2ccn3nc(CC)c(N(C)c4nc(-c5ccc(F)cc5)c(C#N)s4)c3n2)CC1. The number of aromatic nitrogens is 4. The molecule has 0 unspecified atom stereocenters. The van der Waals surface area contributed by atoms with E-state index in [-0.39, 0.29) is 11.6 Å². The van der Waals surface area contributed by atoms with Gasteiger partial charge >= 0.3 is 0 Å². The highest BCUT2D eigenvalue weighted by Crippen LogP contribution is 2.38. The van der Waals surface area contributed by atoms with E-state index >= 15 is 0 Å². The predicted octanol–water partition coefficient (Wildman–Crippen LogP) is 4.06. The molecular formula is C26H29FN8O2S2. The first-order chi connectivity index (χ1) is 18.7. The third-order valence-corrected chi connectivity index (χ3v) is 9.84. The van der Waals surface area contributed by atoms with Crippen LogP contribution in [0.3, 0.4) is 0 Å². The van der Waals surface area contributed by atoms with Crippen LogP contribution < -0.4 is 9.80 Å². The van der Waals surface area contributed by atoms with Crippen molar-refractivity contribution in [3.8, 4) is 17.3 Å². The van der Waals surface area contributed by atoms with Crippen molar-refractivity contribution in [2.45, 2.75) is 26.7 Å². The third-order valence-electron chi connectivity index (χ3n) is 6.73. The van der Waals surface area contributed by atoms with Gasteiger partial charge in [0.2, 0.25) is 10.0 Å². The number of halogens is 1. The minimum Gasteiger partial charge on any atom is -0.354 e. The second-order valence-corrected chi connectivity index (χ2v) is 12.3. The molecule has 0 spiro atoms. The minimum atomic E-state index is -3.23. The van der Waals surface area contributed by atoms with E-state index in [0.29, 0.717) is 65.9 Å². The molecule has 0 bridgehead atoms. The van der Waals surface area contributed by atoms with E-state index < -0.39 is 10.0 Å². The Balaban J connectivity index is 1.47. The van der Waals surface area contributed by atoms with Gasteiger partial charge in [0, 0.05) is 45.0 Å². The number of fused-ring (bicyclic) bond motifs is 1. The quantitative estimate of drug-likeness (QED) is 0.313. The van der Waals surface area contributed by atoms with Crippen molar-refractivity contribution in [2.24, 2.45) is 0 Å². The van der Waals surface area contributed by atoms with Crippen LogP contribution in [0.4, 0.5) is 21.0 Å². The lowest BCUT2D eigenvalue weighted by atomic mass is 10.1. The number of hydrogen-bond acceptors (Lipinski definition) is 9. The van der Waals surface area contributed by atoms with Gasteiger partial charge in [0.1, 0.15) is 34.0 Å². The van der Waals surface area contributed by atoms with Crippen molar-refractivity contribution in [1.29, 1.82) is 5.26 Å². The molecular weight excluding hydrogens is 539 g/mol. The zero-order chi connectivity index (χ0) is 27.7. The van der Waals surface area contributed by atoms with E-state index in [9.17, 15) is 18.1 Å². The molecule has 0 radical (unpaired) electrons. The van der Waals surface area contributed by atoms with Gasteiger partial charge in [0.15, 0.2) is 10.8 Å². The second-order valence-electron chi connectivity index (χ2n) is 9.26. The van der Waals surface area contributed by atoms with Crippen LogP contribution in [-0.4, -0.2) is 71.3 Å². The van der Waals surface area contributed by atoms with Gasteiger partial charge < -0.3 is 9.80 Å². The number of benzene rings is 1. The van der Waals surface area contributed by atoms with E-state index in [2.05, 4.69) is 11.0 Å². The van der Waals surface area contributed by atoms with Crippen LogP contribution in [0.2, 0.25) is 0 Å². The topological polar surface area (TPSA) is 111 Å². The van der Waals surface area contributed by atoms with Gasteiger partial charge in [-0.2, -0.15) is 14.7 Å². The lowest BCUT2D eigenvalue weighted by molar-refractivity contribution is 0.383. The van der Waals surface area contributed by atoms with Crippen molar-refractivity contribution in [3.05, 3.63) is 52.9 Å². The third kappa shape index (κ3) is 5.19. The Morgan fingerprint density at radius 2 is 1.82 bits per heavy atom. The van der Waals surface area contributed by atoms with Crippen LogP contribution in [-0.2, 0) is 16.4 Å². The summed E-state index contributed by atoms with van der Waals surface area (Å²) in [5.41, 5.74) is 3.43. The van der Waals surface area contributed by atoms with Crippen LogP contribution in [0.5, 0.6) is 0 Å². The number of thiazole rings is 1. The first-order valence-electron chi connectivity index (χ1n) is 12.8. The van der Waals surface area contributed by atoms with E-state index in [4.69, 9.17) is 15.1 Å². The Hall–Kier alpha value is -3.60. The highest BCUT2D eigenvalue weighted by atomic mass is 32.2. The van der Waals surface area contributed by atoms with Gasteiger partial charge in [0.25, 0.3) is 0 Å². The molecule has 1 fully saturated rings. The van der Waals surface area contributed by atoms with Crippen molar-refractivity contribution in [1.82, 2.24) is 23.9 Å². The normalized spacial score (nSPS) is 14.6. The number of anilines is 3. The molecule has 0 atom stereocenters. The van der Waals surface area contributed by atoms with Crippen molar-refractivity contribution in [3.63, 3.8) is 0 Å². The number of sulfonamides is 1. The molecule has 13 heteroatoms. The highest BCUT2D eigenvalue weighted by molar-refractivity contribution is 7.89. The molecule has 4 aromatic rings. The van der Waals surface area contributed by atoms with E-state index in [1.54, 1.807) is 21.0 Å². The van der Waals surface area contributed by atoms with E-state index in [1.807, 2.05) is 38.1 Å². The summed E-state index contributed by atoms with van der Waals surface area (Å²) in [6, 6.07) is 10.0. The lowest BCUT2D eigenvalue weighted by Gasteiger charge is -2.34. The molecule has 204 valence electrons. The Morgan fingerprint density at radius 3 is 2.46 bits per heavy atom. The summed E-state index contributed by atoms with van der Waals surface area (Å²) in [5.74, 6) is 0.557. The van der Waals surface area contributed by atoms with Crippen molar-refractivity contribution < 1.29 is 12.8 Å². The van der Waals surface area contributed by atoms with Crippen LogP contribution in [0, 0.1) is 17.1 Å². The zero-order valence-corrected chi connectivity index (χ0v) is 23.6. The number of hydrogen-bond donors (Lipinski definition) is 0. The molecule has 0 amide bonds. The number of piperazine rings is 1. The van der Waals surface area contributed by atoms with Crippen LogP contribution >= 0.6 is 11.3 Å². The Bertz CT molecular complexity index is 1630. The highest BCUT2D eigenvalue weighted by Gasteiger charge is 2.28. The summed E-state index contributed by atoms with van der Waals surface area (Å²) >= 11 is 1.25. The summed E-state index contributed by atoms with van der Waals surface area (Å²) in [6.45, 7) is 5.82. The summed E-state index contributed by atoms with van der Waals surface area (Å²) in [6.07, 6.45) is 3.12. The van der Waals surface area contributed by atoms with Crippen LogP contribution in [0.15, 0.2) is 36.5 Å². The summed E-state index contributed by atoms with van der Waals surface area (Å²) in [5, 5.41) is 15.1. The maximum Gasteiger partial charge on any atom is 0.214 e. The van der Waals surface area contributed by atoms with Gasteiger partial charge in [-0.3, -0.25) is 0 Å². The first-order valence-corrected chi connectivity index (χ1v) is 15.2. The van der Waals surface area contributed by atoms with E-state index in [1.165, 1.54) is 23.5 Å². The first kappa shape index (κ1) is 27.0. The number of nitrogens with zero attached hydrogens (tertiary/aromatic N) is 8. The molecule has 0 saturated carbocycles. The summed E-state index contributed by atoms with van der Waals surface area (Å²) in [7, 11) is -1.36. The second kappa shape index (κ2) is 10.9. The van der Waals surface area contributed by atoms with Gasteiger partial charge in [0.05, 0.1) is 11.4 Å². The molecule has 5 rings (SSSR count). The summed E-state index contributed by atoms with van der Waals surface area (Å²) < 4.78 is 41.7. The largest absolute Gasteiger partial charge is 0.354 e. The average Bonchev–Trinajstić information content (AvgIpc) is 3.54. The van der Waals surface area contributed by atoms with Gasteiger partial charge in [-0.15, -0.1) is 0 Å². The standard InChI is InChI=1S/C26H29FN8O2S2/c1-4-16-39(36,37)34-14-12-33(13-15-34)22-10-11-35-25(29-22)24(20(5-2)31-35)32(3)26-30-23(21(17-28)38-26)18-6-8-19(27)9-7-18/h6-11H,4-5,12-16H2,1-3H3. The monoisotopic (exact) mass is 568 g/mol. The Kier molecular flexibility index (Phi) is 7.53. The number of aryl methyl sites for hydroxylation is 1. The molecule has 1 aliphatic rings. The summed E-state index contributed by atoms with van der Waals surface area (Å²) in [4.78, 5) is 14.1. The zero-order valence-electron chi connectivity index (χ0n) is 22.0. The van der Waals surface area contributed by atoms with Crippen LogP contribution in [0.1, 0.15) is 30.8 Å². The fourth-order valence-electron chi connectivity index (χ4n) is 4.72. The molecule has 0 aliphatic carbocycles. The maximum atomic E-state index is 13.5. The maximum absolute atomic E-state index is 13.5. The fourth-order valence-corrected chi connectivity index (χ4v) is 7.07.